The second-order valence-electron chi connectivity index (χ2n) is 5.09. The van der Waals surface area contributed by atoms with Gasteiger partial charge in [-0.25, -0.2) is 9.97 Å². The number of nitrogens with one attached hydrogen (secondary N) is 1. The van der Waals surface area contributed by atoms with E-state index >= 15 is 0 Å². The molecule has 1 amide bonds. The maximum Gasteiger partial charge on any atom is 0.256 e. The third-order valence-corrected chi connectivity index (χ3v) is 3.43. The predicted molar refractivity (Wildman–Crippen MR) is 95.5 cm³/mol. The molecule has 0 radical (unpaired) electrons. The summed E-state index contributed by atoms with van der Waals surface area (Å²) in [6.07, 6.45) is 6.33. The molecule has 5 nitrogen and oxygen atoms in total. The Labute approximate surface area is 142 Å². The van der Waals surface area contributed by atoms with Gasteiger partial charge < -0.3 is 10.1 Å². The first-order valence-corrected chi connectivity index (χ1v) is 7.76. The van der Waals surface area contributed by atoms with E-state index < -0.39 is 0 Å². The van der Waals surface area contributed by atoms with Crippen LogP contribution in [0.5, 0.6) is 0 Å². The Kier molecular flexibility index (Phi) is 6.25. The molecule has 0 aliphatic rings. The maximum absolute atomic E-state index is 12.2. The zero-order valence-electron chi connectivity index (χ0n) is 14.1. The van der Waals surface area contributed by atoms with Gasteiger partial charge >= 0.3 is 0 Å². The highest BCUT2D eigenvalue weighted by Crippen LogP contribution is 2.21. The molecule has 24 heavy (non-hydrogen) atoms. The number of carbonyl (C=O) groups excluding carboxylic acids is 1. The molecule has 0 saturated heterocycles. The number of nitrogens with zero attached hydrogens (tertiary/aromatic N) is 2. The number of amides is 1. The van der Waals surface area contributed by atoms with Crippen LogP contribution in [0.2, 0.25) is 0 Å². The lowest BCUT2D eigenvalue weighted by molar-refractivity contribution is 0.102. The van der Waals surface area contributed by atoms with Gasteiger partial charge in [0.2, 0.25) is 0 Å². The number of methoxy groups -OCH3 is 1. The van der Waals surface area contributed by atoms with Gasteiger partial charge in [0.1, 0.15) is 17.9 Å². The number of anilines is 1. The van der Waals surface area contributed by atoms with Gasteiger partial charge in [-0.3, -0.25) is 4.79 Å². The molecule has 0 bridgehead atoms. The van der Waals surface area contributed by atoms with Crippen molar-refractivity contribution in [3.63, 3.8) is 0 Å². The van der Waals surface area contributed by atoms with Gasteiger partial charge in [-0.05, 0) is 25.5 Å². The average Bonchev–Trinajstić information content (AvgIpc) is 2.63. The van der Waals surface area contributed by atoms with Crippen LogP contribution in [-0.2, 0) is 4.74 Å². The lowest BCUT2D eigenvalue weighted by Crippen LogP contribution is -2.13. The van der Waals surface area contributed by atoms with Crippen molar-refractivity contribution < 1.29 is 9.53 Å². The first-order chi connectivity index (χ1) is 11.7. The largest absolute Gasteiger partial charge is 0.501 e. The number of carbonyl (C=O) groups is 1. The van der Waals surface area contributed by atoms with Crippen molar-refractivity contribution in [2.45, 2.75) is 20.3 Å². The fourth-order valence-corrected chi connectivity index (χ4v) is 2.08. The van der Waals surface area contributed by atoms with E-state index in [1.54, 1.807) is 25.3 Å². The van der Waals surface area contributed by atoms with Gasteiger partial charge in [0.05, 0.1) is 12.8 Å². The highest BCUT2D eigenvalue weighted by atomic mass is 16.5. The molecule has 1 aromatic carbocycles. The highest BCUT2D eigenvalue weighted by molar-refractivity contribution is 6.03. The molecule has 1 N–H and O–H groups in total. The molecular formula is C19H21N3O2. The lowest BCUT2D eigenvalue weighted by Gasteiger charge is -2.09. The molecule has 0 unspecified atom stereocenters. The van der Waals surface area contributed by atoms with Crippen molar-refractivity contribution in [3.05, 3.63) is 71.9 Å². The smallest absolute Gasteiger partial charge is 0.256 e. The van der Waals surface area contributed by atoms with E-state index in [0.29, 0.717) is 17.1 Å². The van der Waals surface area contributed by atoms with Crippen LogP contribution in [0.4, 0.5) is 5.82 Å². The van der Waals surface area contributed by atoms with E-state index in [4.69, 9.17) is 4.74 Å². The Morgan fingerprint density at radius 3 is 2.67 bits per heavy atom. The first kappa shape index (κ1) is 17.4. The molecule has 1 heterocycles. The summed E-state index contributed by atoms with van der Waals surface area (Å²) < 4.78 is 5.33. The van der Waals surface area contributed by atoms with Gasteiger partial charge in [0.25, 0.3) is 5.91 Å². The number of benzene rings is 1. The lowest BCUT2D eigenvalue weighted by atomic mass is 10.1. The molecule has 0 fully saturated rings. The number of hydrogen-bond donors (Lipinski definition) is 1. The summed E-state index contributed by atoms with van der Waals surface area (Å²) in [4.78, 5) is 20.6. The average molecular weight is 323 g/mol. The zero-order chi connectivity index (χ0) is 17.4. The second-order valence-corrected chi connectivity index (χ2v) is 5.09. The Bertz CT molecular complexity index is 752. The summed E-state index contributed by atoms with van der Waals surface area (Å²) in [5, 5.41) is 2.79. The summed E-state index contributed by atoms with van der Waals surface area (Å²) in [5.41, 5.74) is 2.13. The van der Waals surface area contributed by atoms with Crippen molar-refractivity contribution in [2.75, 3.05) is 12.4 Å². The molecule has 1 aromatic heterocycles. The maximum atomic E-state index is 12.2. The quantitative estimate of drug-likeness (QED) is 0.643. The minimum atomic E-state index is -0.210. The van der Waals surface area contributed by atoms with Crippen molar-refractivity contribution in [3.8, 4) is 0 Å². The standard InChI is InChI=1S/C19H21N3O2/c1-4-5-11-16(14(2)24-3)17-12-18(21-13-20-17)22-19(23)15-9-7-6-8-10-15/h5-13H,4H2,1-3H3,(H,20,21,22,23)/b11-5-,16-14-. The molecule has 0 aliphatic carbocycles. The topological polar surface area (TPSA) is 64.1 Å². The molecule has 0 aliphatic heterocycles. The van der Waals surface area contributed by atoms with Crippen LogP contribution >= 0.6 is 0 Å². The number of rotatable bonds is 6. The molecule has 0 atom stereocenters. The van der Waals surface area contributed by atoms with Crippen LogP contribution in [0, 0.1) is 0 Å². The molecule has 2 rings (SSSR count). The van der Waals surface area contributed by atoms with Gasteiger partial charge in [-0.1, -0.05) is 37.3 Å². The summed E-state index contributed by atoms with van der Waals surface area (Å²) in [6, 6.07) is 10.7. The van der Waals surface area contributed by atoms with Gasteiger partial charge in [-0.15, -0.1) is 0 Å². The second kappa shape index (κ2) is 8.62. The summed E-state index contributed by atoms with van der Waals surface area (Å²) in [6.45, 7) is 3.93. The SMILES string of the molecule is CC/C=C\C(=C(/C)OC)c1cc(NC(=O)c2ccccc2)ncn1. The van der Waals surface area contributed by atoms with Crippen LogP contribution in [0.25, 0.3) is 5.57 Å². The van der Waals surface area contributed by atoms with E-state index in [0.717, 1.165) is 17.8 Å². The predicted octanol–water partition coefficient (Wildman–Crippen LogP) is 4.07. The Morgan fingerprint density at radius 2 is 2.00 bits per heavy atom. The van der Waals surface area contributed by atoms with Crippen LogP contribution in [0.15, 0.2) is 60.6 Å². The summed E-state index contributed by atoms with van der Waals surface area (Å²) in [5.74, 6) is 0.984. The third-order valence-electron chi connectivity index (χ3n) is 3.43. The van der Waals surface area contributed by atoms with Crippen LogP contribution in [0.1, 0.15) is 36.3 Å². The summed E-state index contributed by atoms with van der Waals surface area (Å²) in [7, 11) is 1.62. The van der Waals surface area contributed by atoms with Gasteiger partial charge in [0.15, 0.2) is 0 Å². The first-order valence-electron chi connectivity index (χ1n) is 7.76. The Hall–Kier alpha value is -2.95. The Morgan fingerprint density at radius 1 is 1.25 bits per heavy atom. The Balaban J connectivity index is 2.28. The summed E-state index contributed by atoms with van der Waals surface area (Å²) >= 11 is 0. The fourth-order valence-electron chi connectivity index (χ4n) is 2.08. The van der Waals surface area contributed by atoms with Crippen LogP contribution in [-0.4, -0.2) is 23.0 Å². The number of hydrogen-bond acceptors (Lipinski definition) is 4. The minimum Gasteiger partial charge on any atom is -0.501 e. The molecule has 5 heteroatoms. The minimum absolute atomic E-state index is 0.210. The van der Waals surface area contributed by atoms with Gasteiger partial charge in [-0.2, -0.15) is 0 Å². The molecule has 0 saturated carbocycles. The number of aromatic nitrogens is 2. The van der Waals surface area contributed by atoms with Crippen molar-refractivity contribution in [1.29, 1.82) is 0 Å². The van der Waals surface area contributed by atoms with E-state index in [1.807, 2.05) is 37.3 Å². The van der Waals surface area contributed by atoms with Crippen molar-refractivity contribution >= 4 is 17.3 Å². The van der Waals surface area contributed by atoms with E-state index in [2.05, 4.69) is 22.2 Å². The van der Waals surface area contributed by atoms with Crippen LogP contribution < -0.4 is 5.32 Å². The normalized spacial score (nSPS) is 12.0. The van der Waals surface area contributed by atoms with E-state index in [9.17, 15) is 4.79 Å². The molecular weight excluding hydrogens is 302 g/mol. The zero-order valence-corrected chi connectivity index (χ0v) is 14.1. The molecule has 0 spiro atoms. The monoisotopic (exact) mass is 323 g/mol. The van der Waals surface area contributed by atoms with E-state index in [-0.39, 0.29) is 5.91 Å². The number of allylic oxidation sites excluding steroid dienone is 4. The molecule has 2 aromatic rings. The van der Waals surface area contributed by atoms with Crippen molar-refractivity contribution in [2.24, 2.45) is 0 Å². The highest BCUT2D eigenvalue weighted by Gasteiger charge is 2.10. The molecule has 124 valence electrons. The number of ether oxygens (including phenoxy) is 1. The fraction of sp³-hybridized carbons (Fsp3) is 0.211. The van der Waals surface area contributed by atoms with Gasteiger partial charge in [0, 0.05) is 17.2 Å². The third kappa shape index (κ3) is 4.52. The van der Waals surface area contributed by atoms with E-state index in [1.165, 1.54) is 6.33 Å². The van der Waals surface area contributed by atoms with Crippen molar-refractivity contribution in [1.82, 2.24) is 9.97 Å². The van der Waals surface area contributed by atoms with Crippen LogP contribution in [0.3, 0.4) is 0 Å².